The lowest BCUT2D eigenvalue weighted by atomic mass is 10.2. The summed E-state index contributed by atoms with van der Waals surface area (Å²) >= 11 is 1.03. The van der Waals surface area contributed by atoms with Crippen molar-refractivity contribution in [1.82, 2.24) is 9.88 Å². The maximum absolute atomic E-state index is 11.6. The third-order valence-electron chi connectivity index (χ3n) is 3.18. The minimum Gasteiger partial charge on any atom is -0.493 e. The van der Waals surface area contributed by atoms with Gasteiger partial charge in [-0.05, 0) is 39.2 Å². The second kappa shape index (κ2) is 7.69. The number of rotatable bonds is 7. The van der Waals surface area contributed by atoms with Crippen LogP contribution in [0.15, 0.2) is 22.4 Å². The predicted octanol–water partition coefficient (Wildman–Crippen LogP) is 3.00. The van der Waals surface area contributed by atoms with Gasteiger partial charge in [-0.2, -0.15) is 0 Å². The Morgan fingerprint density at radius 2 is 2.00 bits per heavy atom. The number of methoxy groups -OCH3 is 1. The predicted molar refractivity (Wildman–Crippen MR) is 95.9 cm³/mol. The lowest BCUT2D eigenvalue weighted by Crippen LogP contribution is -2.19. The van der Waals surface area contributed by atoms with Crippen LogP contribution >= 0.6 is 22.0 Å². The van der Waals surface area contributed by atoms with Gasteiger partial charge in [-0.25, -0.2) is 13.4 Å². The summed E-state index contributed by atoms with van der Waals surface area (Å²) in [5.41, 5.74) is 1.13. The second-order valence-corrected chi connectivity index (χ2v) is 9.11. The van der Waals surface area contributed by atoms with E-state index in [9.17, 15) is 8.42 Å². The Balaban J connectivity index is 2.34. The zero-order valence-corrected chi connectivity index (χ0v) is 16.3. The number of hydrogen-bond donors (Lipinski definition) is 0. The van der Waals surface area contributed by atoms with Crippen LogP contribution in [0.3, 0.4) is 0 Å². The molecular weight excluding hydrogens is 372 g/mol. The number of aryl methyl sites for hydroxylation is 1. The van der Waals surface area contributed by atoms with Gasteiger partial charge in [0.25, 0.3) is 9.05 Å². The van der Waals surface area contributed by atoms with Gasteiger partial charge >= 0.3 is 0 Å². The van der Waals surface area contributed by atoms with E-state index in [1.54, 1.807) is 32.2 Å². The van der Waals surface area contributed by atoms with E-state index in [2.05, 4.69) is 4.98 Å². The molecule has 0 saturated heterocycles. The molecule has 24 heavy (non-hydrogen) atoms. The molecule has 9 heteroatoms. The molecule has 0 N–H and O–H groups in total. The van der Waals surface area contributed by atoms with E-state index in [-0.39, 0.29) is 4.21 Å². The van der Waals surface area contributed by atoms with Gasteiger partial charge in [0.2, 0.25) is 0 Å². The van der Waals surface area contributed by atoms with Crippen LogP contribution in [0.2, 0.25) is 0 Å². The molecule has 0 bridgehead atoms. The number of halogens is 1. The number of nitrogens with zero attached hydrogens (tertiary/aromatic N) is 2. The van der Waals surface area contributed by atoms with Crippen molar-refractivity contribution in [1.29, 1.82) is 0 Å². The van der Waals surface area contributed by atoms with Crippen LogP contribution in [0.25, 0.3) is 10.6 Å². The maximum atomic E-state index is 11.6. The number of hydrogen-bond acceptors (Lipinski definition) is 7. The van der Waals surface area contributed by atoms with Crippen LogP contribution in [0, 0.1) is 6.92 Å². The molecule has 0 radical (unpaired) electrons. The van der Waals surface area contributed by atoms with Gasteiger partial charge in [0.1, 0.15) is 11.6 Å². The van der Waals surface area contributed by atoms with Crippen molar-refractivity contribution in [2.24, 2.45) is 0 Å². The number of aromatic nitrogens is 1. The highest BCUT2D eigenvalue weighted by molar-refractivity contribution is 8.15. The van der Waals surface area contributed by atoms with Crippen molar-refractivity contribution < 1.29 is 17.9 Å². The third kappa shape index (κ3) is 4.60. The SMILES string of the molecule is COc1ccc(-c2nc(C)c(S(=O)(=O)Cl)s2)cc1OCCN(C)C. The standard InChI is InChI=1S/C15H19ClN2O4S2/c1-10-15(24(16,19)20)23-14(17-10)11-5-6-12(21-4)13(9-11)22-8-7-18(2)3/h5-6,9H,7-8H2,1-4H3. The monoisotopic (exact) mass is 390 g/mol. The highest BCUT2D eigenvalue weighted by Crippen LogP contribution is 2.37. The van der Waals surface area contributed by atoms with Gasteiger partial charge in [0, 0.05) is 22.8 Å². The molecule has 1 aromatic carbocycles. The normalized spacial score (nSPS) is 11.8. The van der Waals surface area contributed by atoms with Crippen molar-refractivity contribution >= 4 is 31.1 Å². The Labute approximate surface area is 150 Å². The van der Waals surface area contributed by atoms with Crippen LogP contribution in [-0.2, 0) is 9.05 Å². The van der Waals surface area contributed by atoms with Gasteiger partial charge in [0.05, 0.1) is 12.8 Å². The van der Waals surface area contributed by atoms with Gasteiger partial charge in [0.15, 0.2) is 15.7 Å². The highest BCUT2D eigenvalue weighted by atomic mass is 35.7. The van der Waals surface area contributed by atoms with Crippen LogP contribution in [0.4, 0.5) is 0 Å². The molecule has 0 saturated carbocycles. The lowest BCUT2D eigenvalue weighted by Gasteiger charge is -2.14. The van der Waals surface area contributed by atoms with E-state index in [4.69, 9.17) is 20.2 Å². The van der Waals surface area contributed by atoms with E-state index in [0.29, 0.717) is 28.8 Å². The molecule has 6 nitrogen and oxygen atoms in total. The van der Waals surface area contributed by atoms with Gasteiger partial charge in [-0.15, -0.1) is 11.3 Å². The number of likely N-dealkylation sites (N-methyl/N-ethyl adjacent to an activating group) is 1. The van der Waals surface area contributed by atoms with E-state index >= 15 is 0 Å². The molecule has 1 heterocycles. The fourth-order valence-electron chi connectivity index (χ4n) is 1.99. The molecule has 1 aromatic heterocycles. The van der Waals surface area contributed by atoms with Gasteiger partial charge in [-0.3, -0.25) is 0 Å². The Kier molecular flexibility index (Phi) is 6.08. The Morgan fingerprint density at radius 1 is 1.29 bits per heavy atom. The lowest BCUT2D eigenvalue weighted by molar-refractivity contribution is 0.251. The summed E-state index contributed by atoms with van der Waals surface area (Å²) in [6.07, 6.45) is 0. The Hall–Kier alpha value is -1.35. The van der Waals surface area contributed by atoms with E-state index < -0.39 is 9.05 Å². The summed E-state index contributed by atoms with van der Waals surface area (Å²) < 4.78 is 34.3. The molecule has 0 amide bonds. The average Bonchev–Trinajstić information content (AvgIpc) is 2.89. The topological polar surface area (TPSA) is 68.7 Å². The smallest absolute Gasteiger partial charge is 0.272 e. The first-order valence-corrected chi connectivity index (χ1v) is 10.2. The summed E-state index contributed by atoms with van der Waals surface area (Å²) in [6.45, 7) is 2.89. The highest BCUT2D eigenvalue weighted by Gasteiger charge is 2.20. The molecule has 0 unspecified atom stereocenters. The fraction of sp³-hybridized carbons (Fsp3) is 0.400. The summed E-state index contributed by atoms with van der Waals surface area (Å²) in [5.74, 6) is 1.19. The van der Waals surface area contributed by atoms with E-state index in [1.165, 1.54) is 0 Å². The largest absolute Gasteiger partial charge is 0.493 e. The molecule has 2 rings (SSSR count). The van der Waals surface area contributed by atoms with Crippen LogP contribution < -0.4 is 9.47 Å². The minimum atomic E-state index is -3.80. The molecule has 0 aliphatic rings. The van der Waals surface area contributed by atoms with Crippen molar-refractivity contribution in [2.45, 2.75) is 11.1 Å². The molecule has 2 aromatic rings. The van der Waals surface area contributed by atoms with Gasteiger partial charge < -0.3 is 14.4 Å². The second-order valence-electron chi connectivity index (χ2n) is 5.35. The Morgan fingerprint density at radius 3 is 2.54 bits per heavy atom. The maximum Gasteiger partial charge on any atom is 0.272 e. The third-order valence-corrected chi connectivity index (χ3v) is 6.57. The first kappa shape index (κ1) is 19.0. The van der Waals surface area contributed by atoms with Crippen molar-refractivity contribution in [2.75, 3.05) is 34.4 Å². The van der Waals surface area contributed by atoms with Crippen LogP contribution in [0.5, 0.6) is 11.5 Å². The number of ether oxygens (including phenoxy) is 2. The molecule has 0 atom stereocenters. The molecule has 0 aliphatic carbocycles. The van der Waals surface area contributed by atoms with Crippen LogP contribution in [-0.4, -0.2) is 52.7 Å². The quantitative estimate of drug-likeness (QED) is 0.677. The molecule has 132 valence electrons. The van der Waals surface area contributed by atoms with Gasteiger partial charge in [-0.1, -0.05) is 0 Å². The zero-order chi connectivity index (χ0) is 17.9. The number of thiazole rings is 1. The van der Waals surface area contributed by atoms with Crippen molar-refractivity contribution in [3.05, 3.63) is 23.9 Å². The molecule has 0 aliphatic heterocycles. The average molecular weight is 391 g/mol. The Bertz CT molecular complexity index is 819. The molecule has 0 fully saturated rings. The minimum absolute atomic E-state index is 0.0602. The summed E-state index contributed by atoms with van der Waals surface area (Å²) in [5, 5.41) is 0.562. The number of benzene rings is 1. The molecular formula is C15H19ClN2O4S2. The van der Waals surface area contributed by atoms with Crippen molar-refractivity contribution in [3.8, 4) is 22.1 Å². The first-order valence-electron chi connectivity index (χ1n) is 7.10. The summed E-state index contributed by atoms with van der Waals surface area (Å²) in [7, 11) is 7.13. The van der Waals surface area contributed by atoms with E-state index in [0.717, 1.165) is 23.4 Å². The summed E-state index contributed by atoms with van der Waals surface area (Å²) in [4.78, 5) is 6.31. The zero-order valence-electron chi connectivity index (χ0n) is 13.9. The summed E-state index contributed by atoms with van der Waals surface area (Å²) in [6, 6.07) is 5.36. The van der Waals surface area contributed by atoms with Crippen LogP contribution in [0.1, 0.15) is 5.69 Å². The first-order chi connectivity index (χ1) is 11.2. The molecule has 0 spiro atoms. The fourth-order valence-corrected chi connectivity index (χ4v) is 4.44. The van der Waals surface area contributed by atoms with E-state index in [1.807, 2.05) is 19.0 Å². The van der Waals surface area contributed by atoms with Crippen molar-refractivity contribution in [3.63, 3.8) is 0 Å².